The van der Waals surface area contributed by atoms with E-state index in [1.165, 1.54) is 11.1 Å². The van der Waals surface area contributed by atoms with Crippen LogP contribution in [-0.4, -0.2) is 16.5 Å². The van der Waals surface area contributed by atoms with E-state index >= 15 is 0 Å². The standard InChI is InChI=1S/C17H17N3/c1-13-7-8-16-15(11-13)17(20-12-19-16)18-10-9-14-5-3-2-4-6-14/h2-8,11-12H,9-10H2,1H3,(H,18,19,20). The molecule has 1 N–H and O–H groups in total. The van der Waals surface area contributed by atoms with Crippen molar-refractivity contribution in [2.45, 2.75) is 13.3 Å². The van der Waals surface area contributed by atoms with Crippen molar-refractivity contribution in [3.05, 3.63) is 66.0 Å². The van der Waals surface area contributed by atoms with Crippen molar-refractivity contribution in [3.63, 3.8) is 0 Å². The lowest BCUT2D eigenvalue weighted by Crippen LogP contribution is -2.07. The van der Waals surface area contributed by atoms with Crippen LogP contribution in [0.2, 0.25) is 0 Å². The molecule has 0 spiro atoms. The monoisotopic (exact) mass is 263 g/mol. The molecular weight excluding hydrogens is 246 g/mol. The minimum Gasteiger partial charge on any atom is -0.369 e. The molecule has 3 aromatic rings. The summed E-state index contributed by atoms with van der Waals surface area (Å²) >= 11 is 0. The van der Waals surface area contributed by atoms with E-state index in [-0.39, 0.29) is 0 Å². The Balaban J connectivity index is 1.76. The molecule has 3 heteroatoms. The third-order valence-electron chi connectivity index (χ3n) is 3.34. The molecule has 0 unspecified atom stereocenters. The van der Waals surface area contributed by atoms with Crippen molar-refractivity contribution in [1.82, 2.24) is 9.97 Å². The second-order valence-electron chi connectivity index (χ2n) is 4.91. The highest BCUT2D eigenvalue weighted by Gasteiger charge is 2.03. The molecule has 0 bridgehead atoms. The molecule has 2 aromatic carbocycles. The van der Waals surface area contributed by atoms with Gasteiger partial charge in [-0.05, 0) is 31.0 Å². The largest absolute Gasteiger partial charge is 0.369 e. The summed E-state index contributed by atoms with van der Waals surface area (Å²) in [5, 5.41) is 4.50. The summed E-state index contributed by atoms with van der Waals surface area (Å²) in [5.74, 6) is 0.912. The molecule has 3 nitrogen and oxygen atoms in total. The topological polar surface area (TPSA) is 37.8 Å². The number of nitrogens with one attached hydrogen (secondary N) is 1. The molecule has 0 fully saturated rings. The molecule has 0 radical (unpaired) electrons. The van der Waals surface area contributed by atoms with E-state index in [9.17, 15) is 0 Å². The lowest BCUT2D eigenvalue weighted by molar-refractivity contribution is 1.01. The van der Waals surface area contributed by atoms with E-state index in [1.807, 2.05) is 12.1 Å². The van der Waals surface area contributed by atoms with Gasteiger partial charge in [0, 0.05) is 11.9 Å². The Morgan fingerprint density at radius 3 is 2.70 bits per heavy atom. The Morgan fingerprint density at radius 1 is 1.00 bits per heavy atom. The second-order valence-corrected chi connectivity index (χ2v) is 4.91. The molecule has 3 rings (SSSR count). The average Bonchev–Trinajstić information content (AvgIpc) is 2.49. The summed E-state index contributed by atoms with van der Waals surface area (Å²) in [7, 11) is 0. The van der Waals surface area contributed by atoms with E-state index in [2.05, 4.69) is 58.6 Å². The predicted molar refractivity (Wildman–Crippen MR) is 82.9 cm³/mol. The normalized spacial score (nSPS) is 10.7. The number of fused-ring (bicyclic) bond motifs is 1. The first kappa shape index (κ1) is 12.6. The van der Waals surface area contributed by atoms with Gasteiger partial charge in [-0.15, -0.1) is 0 Å². The first-order chi connectivity index (χ1) is 9.83. The number of hydrogen-bond acceptors (Lipinski definition) is 3. The zero-order chi connectivity index (χ0) is 13.8. The van der Waals surface area contributed by atoms with E-state index < -0.39 is 0 Å². The van der Waals surface area contributed by atoms with Crippen molar-refractivity contribution in [3.8, 4) is 0 Å². The van der Waals surface area contributed by atoms with Crippen LogP contribution in [0, 0.1) is 6.92 Å². The summed E-state index contributed by atoms with van der Waals surface area (Å²) in [5.41, 5.74) is 3.53. The van der Waals surface area contributed by atoms with Crippen LogP contribution in [-0.2, 0) is 6.42 Å². The number of nitrogens with zero attached hydrogens (tertiary/aromatic N) is 2. The van der Waals surface area contributed by atoms with Crippen LogP contribution < -0.4 is 5.32 Å². The number of aryl methyl sites for hydroxylation is 1. The van der Waals surface area contributed by atoms with Gasteiger partial charge in [-0.3, -0.25) is 0 Å². The SMILES string of the molecule is Cc1ccc2ncnc(NCCc3ccccc3)c2c1. The van der Waals surface area contributed by atoms with Crippen molar-refractivity contribution >= 4 is 16.7 Å². The van der Waals surface area contributed by atoms with Crippen molar-refractivity contribution in [1.29, 1.82) is 0 Å². The minimum atomic E-state index is 0.865. The van der Waals surface area contributed by atoms with Gasteiger partial charge in [0.05, 0.1) is 5.52 Å². The third-order valence-corrected chi connectivity index (χ3v) is 3.34. The van der Waals surface area contributed by atoms with E-state index in [1.54, 1.807) is 6.33 Å². The molecule has 0 aliphatic rings. The third kappa shape index (κ3) is 2.77. The quantitative estimate of drug-likeness (QED) is 0.781. The summed E-state index contributed by atoms with van der Waals surface area (Å²) in [6.45, 7) is 2.95. The van der Waals surface area contributed by atoms with Crippen LogP contribution >= 0.6 is 0 Å². The molecule has 0 saturated heterocycles. The van der Waals surface area contributed by atoms with Gasteiger partial charge in [-0.25, -0.2) is 9.97 Å². The Kier molecular flexibility index (Phi) is 3.59. The van der Waals surface area contributed by atoms with Gasteiger partial charge in [0.1, 0.15) is 12.1 Å². The highest BCUT2D eigenvalue weighted by Crippen LogP contribution is 2.20. The molecule has 0 aliphatic heterocycles. The molecule has 1 aromatic heterocycles. The van der Waals surface area contributed by atoms with Crippen LogP contribution in [0.5, 0.6) is 0 Å². The summed E-state index contributed by atoms with van der Waals surface area (Å²) in [6, 6.07) is 16.7. The molecule has 0 amide bonds. The van der Waals surface area contributed by atoms with Gasteiger partial charge < -0.3 is 5.32 Å². The van der Waals surface area contributed by atoms with Crippen LogP contribution in [0.1, 0.15) is 11.1 Å². The Labute approximate surface area is 118 Å². The summed E-state index contributed by atoms with van der Waals surface area (Å²) in [6.07, 6.45) is 2.60. The highest BCUT2D eigenvalue weighted by molar-refractivity contribution is 5.89. The fourth-order valence-corrected chi connectivity index (χ4v) is 2.28. The molecule has 0 atom stereocenters. The van der Waals surface area contributed by atoms with Gasteiger partial charge in [0.2, 0.25) is 0 Å². The van der Waals surface area contributed by atoms with Gasteiger partial charge in [-0.2, -0.15) is 0 Å². The number of benzene rings is 2. The fraction of sp³-hybridized carbons (Fsp3) is 0.176. The zero-order valence-corrected chi connectivity index (χ0v) is 11.5. The minimum absolute atomic E-state index is 0.865. The maximum atomic E-state index is 4.36. The predicted octanol–water partition coefficient (Wildman–Crippen LogP) is 3.59. The number of rotatable bonds is 4. The Hall–Kier alpha value is -2.42. The van der Waals surface area contributed by atoms with Gasteiger partial charge >= 0.3 is 0 Å². The van der Waals surface area contributed by atoms with Gasteiger partial charge in [-0.1, -0.05) is 42.0 Å². The maximum Gasteiger partial charge on any atom is 0.137 e. The molecule has 20 heavy (non-hydrogen) atoms. The lowest BCUT2D eigenvalue weighted by Gasteiger charge is -2.08. The first-order valence-corrected chi connectivity index (χ1v) is 6.82. The second kappa shape index (κ2) is 5.70. The van der Waals surface area contributed by atoms with Crippen molar-refractivity contribution < 1.29 is 0 Å². The van der Waals surface area contributed by atoms with Gasteiger partial charge in [0.15, 0.2) is 0 Å². The maximum absolute atomic E-state index is 4.36. The van der Waals surface area contributed by atoms with E-state index in [4.69, 9.17) is 0 Å². The van der Waals surface area contributed by atoms with Crippen molar-refractivity contribution in [2.24, 2.45) is 0 Å². The molecule has 0 aliphatic carbocycles. The Bertz CT molecular complexity index is 708. The lowest BCUT2D eigenvalue weighted by atomic mass is 10.1. The van der Waals surface area contributed by atoms with E-state index in [0.29, 0.717) is 0 Å². The van der Waals surface area contributed by atoms with Crippen LogP contribution in [0.4, 0.5) is 5.82 Å². The molecule has 1 heterocycles. The number of hydrogen-bond donors (Lipinski definition) is 1. The van der Waals surface area contributed by atoms with Crippen LogP contribution in [0.15, 0.2) is 54.9 Å². The zero-order valence-electron chi connectivity index (χ0n) is 11.5. The van der Waals surface area contributed by atoms with Crippen LogP contribution in [0.25, 0.3) is 10.9 Å². The van der Waals surface area contributed by atoms with Gasteiger partial charge in [0.25, 0.3) is 0 Å². The fourth-order valence-electron chi connectivity index (χ4n) is 2.28. The van der Waals surface area contributed by atoms with Crippen LogP contribution in [0.3, 0.4) is 0 Å². The highest BCUT2D eigenvalue weighted by atomic mass is 15.0. The summed E-state index contributed by atoms with van der Waals surface area (Å²) in [4.78, 5) is 8.66. The number of anilines is 1. The molecule has 0 saturated carbocycles. The van der Waals surface area contributed by atoms with Crippen molar-refractivity contribution in [2.75, 3.05) is 11.9 Å². The molecular formula is C17H17N3. The molecule has 100 valence electrons. The van der Waals surface area contributed by atoms with E-state index in [0.717, 1.165) is 29.7 Å². The average molecular weight is 263 g/mol. The Morgan fingerprint density at radius 2 is 1.85 bits per heavy atom. The first-order valence-electron chi connectivity index (χ1n) is 6.82. The number of aromatic nitrogens is 2. The summed E-state index contributed by atoms with van der Waals surface area (Å²) < 4.78 is 0. The smallest absolute Gasteiger partial charge is 0.137 e.